The maximum atomic E-state index is 15.4. The number of rotatable bonds is 11. The Kier molecular flexibility index (Phi) is 10.0. The van der Waals surface area contributed by atoms with Crippen LogP contribution in [0.3, 0.4) is 0 Å². The highest BCUT2D eigenvalue weighted by Gasteiger charge is 2.45. The van der Waals surface area contributed by atoms with Crippen molar-refractivity contribution in [2.75, 3.05) is 26.4 Å². The molecule has 210 valence electrons. The number of hydrogen-bond donors (Lipinski definition) is 1. The smallest absolute Gasteiger partial charge is 0.336 e. The van der Waals surface area contributed by atoms with Gasteiger partial charge in [-0.2, -0.15) is 0 Å². The van der Waals surface area contributed by atoms with Crippen molar-refractivity contribution >= 4 is 23.5 Å². The molecule has 3 unspecified atom stereocenters. The molecule has 0 radical (unpaired) electrons. The maximum Gasteiger partial charge on any atom is 0.336 e. The third-order valence-corrected chi connectivity index (χ3v) is 6.83. The van der Waals surface area contributed by atoms with Crippen LogP contribution in [-0.4, -0.2) is 44.4 Å². The number of benzene rings is 3. The second kappa shape index (κ2) is 13.8. The monoisotopic (exact) mass is 567 g/mol. The third kappa shape index (κ3) is 7.12. The summed E-state index contributed by atoms with van der Waals surface area (Å²) in [5.41, 5.74) is 0.707. The molecule has 1 heterocycles. The molecule has 0 spiro atoms. The lowest BCUT2D eigenvalue weighted by Crippen LogP contribution is -2.48. The van der Waals surface area contributed by atoms with Crippen molar-refractivity contribution in [2.24, 2.45) is 5.92 Å². The first-order valence-electron chi connectivity index (χ1n) is 13.0. The van der Waals surface area contributed by atoms with E-state index in [1.807, 2.05) is 36.4 Å². The Labute approximate surface area is 237 Å². The summed E-state index contributed by atoms with van der Waals surface area (Å²) < 4.78 is 37.7. The van der Waals surface area contributed by atoms with Crippen LogP contribution in [0.1, 0.15) is 25.3 Å². The van der Waals surface area contributed by atoms with E-state index >= 15 is 4.39 Å². The minimum absolute atomic E-state index is 0.0268. The quantitative estimate of drug-likeness (QED) is 0.235. The molecule has 9 heteroatoms. The Bertz CT molecular complexity index is 1330. The molecule has 1 N–H and O–H groups in total. The van der Waals surface area contributed by atoms with E-state index in [1.54, 1.807) is 44.2 Å². The number of hydrogen-bond acceptors (Lipinski definition) is 7. The van der Waals surface area contributed by atoms with Crippen molar-refractivity contribution in [1.29, 1.82) is 0 Å². The summed E-state index contributed by atoms with van der Waals surface area (Å²) in [5.74, 6) is -2.67. The molecule has 7 nitrogen and oxygen atoms in total. The molecular formula is C31H31ClFNO6. The zero-order valence-electron chi connectivity index (χ0n) is 22.3. The number of carbonyl (C=O) groups excluding carboxylic acids is 2. The van der Waals surface area contributed by atoms with E-state index in [0.29, 0.717) is 17.2 Å². The first-order valence-corrected chi connectivity index (χ1v) is 13.3. The second-order valence-corrected chi connectivity index (χ2v) is 9.65. The molecule has 0 bridgehead atoms. The van der Waals surface area contributed by atoms with Crippen LogP contribution < -0.4 is 14.8 Å². The van der Waals surface area contributed by atoms with E-state index in [-0.39, 0.29) is 42.6 Å². The van der Waals surface area contributed by atoms with Crippen LogP contribution in [0.2, 0.25) is 5.02 Å². The van der Waals surface area contributed by atoms with Gasteiger partial charge in [0, 0.05) is 17.7 Å². The van der Waals surface area contributed by atoms with Gasteiger partial charge in [0.2, 0.25) is 0 Å². The summed E-state index contributed by atoms with van der Waals surface area (Å²) in [7, 11) is 0. The number of allylic oxidation sites excluding steroid dienone is 1. The van der Waals surface area contributed by atoms with Crippen LogP contribution in [0.5, 0.6) is 11.5 Å². The number of para-hydroxylation sites is 2. The van der Waals surface area contributed by atoms with Crippen LogP contribution in [0.15, 0.2) is 90.1 Å². The van der Waals surface area contributed by atoms with E-state index < -0.39 is 35.6 Å². The number of esters is 2. The van der Waals surface area contributed by atoms with Crippen molar-refractivity contribution in [3.63, 3.8) is 0 Å². The van der Waals surface area contributed by atoms with E-state index in [4.69, 9.17) is 30.5 Å². The number of carbonyl (C=O) groups is 2. The molecule has 40 heavy (non-hydrogen) atoms. The highest BCUT2D eigenvalue weighted by atomic mass is 35.5. The molecule has 3 atom stereocenters. The van der Waals surface area contributed by atoms with Gasteiger partial charge < -0.3 is 24.3 Å². The third-order valence-electron chi connectivity index (χ3n) is 6.53. The van der Waals surface area contributed by atoms with Gasteiger partial charge in [0.05, 0.1) is 16.5 Å². The van der Waals surface area contributed by atoms with Crippen LogP contribution >= 0.6 is 11.6 Å². The fraction of sp³-hybridized carbons (Fsp3) is 0.290. The van der Waals surface area contributed by atoms with Crippen molar-refractivity contribution in [1.82, 2.24) is 5.32 Å². The summed E-state index contributed by atoms with van der Waals surface area (Å²) in [6.45, 7) is 3.65. The van der Waals surface area contributed by atoms with E-state index in [1.165, 1.54) is 12.1 Å². The maximum absolute atomic E-state index is 15.4. The van der Waals surface area contributed by atoms with Crippen molar-refractivity contribution in [3.05, 3.63) is 107 Å². The minimum atomic E-state index is -1.000. The van der Waals surface area contributed by atoms with Gasteiger partial charge in [0.15, 0.2) is 0 Å². The summed E-state index contributed by atoms with van der Waals surface area (Å²) >= 11 is 6.11. The van der Waals surface area contributed by atoms with Gasteiger partial charge in [-0.3, -0.25) is 4.79 Å². The zero-order chi connectivity index (χ0) is 28.5. The van der Waals surface area contributed by atoms with Gasteiger partial charge in [0.1, 0.15) is 43.7 Å². The summed E-state index contributed by atoms with van der Waals surface area (Å²) in [4.78, 5) is 26.8. The fourth-order valence-electron chi connectivity index (χ4n) is 4.74. The van der Waals surface area contributed by atoms with Crippen molar-refractivity contribution in [2.45, 2.75) is 25.8 Å². The summed E-state index contributed by atoms with van der Waals surface area (Å²) in [6, 6.07) is 22.3. The summed E-state index contributed by atoms with van der Waals surface area (Å²) in [5, 5.41) is 3.05. The first-order chi connectivity index (χ1) is 19.4. The van der Waals surface area contributed by atoms with E-state index in [2.05, 4.69) is 5.32 Å². The Morgan fingerprint density at radius 2 is 1.40 bits per heavy atom. The first kappa shape index (κ1) is 29.0. The van der Waals surface area contributed by atoms with Gasteiger partial charge in [-0.15, -0.1) is 0 Å². The van der Waals surface area contributed by atoms with Gasteiger partial charge in [-0.25, -0.2) is 9.18 Å². The highest BCUT2D eigenvalue weighted by Crippen LogP contribution is 2.42. The predicted octanol–water partition coefficient (Wildman–Crippen LogP) is 5.69. The number of nitrogens with one attached hydrogen (secondary N) is 1. The lowest BCUT2D eigenvalue weighted by atomic mass is 9.73. The molecular weight excluding hydrogens is 537 g/mol. The number of ether oxygens (including phenoxy) is 4. The van der Waals surface area contributed by atoms with E-state index in [9.17, 15) is 9.59 Å². The molecule has 0 fully saturated rings. The molecule has 3 aromatic carbocycles. The lowest BCUT2D eigenvalue weighted by Gasteiger charge is -2.38. The van der Waals surface area contributed by atoms with Gasteiger partial charge in [-0.05, 0) is 49.7 Å². The molecule has 0 amide bonds. The Morgan fingerprint density at radius 1 is 0.825 bits per heavy atom. The lowest BCUT2D eigenvalue weighted by molar-refractivity contribution is -0.151. The van der Waals surface area contributed by atoms with Gasteiger partial charge >= 0.3 is 11.9 Å². The van der Waals surface area contributed by atoms with Gasteiger partial charge in [0.25, 0.3) is 0 Å². The zero-order valence-corrected chi connectivity index (χ0v) is 23.0. The SMILES string of the molecule is CC1=C(C(=O)OCCOc2ccccc2)C(c2cccc(Cl)c2F)C(C(=O)OCCOc2ccccc2)C(C)N1. The topological polar surface area (TPSA) is 83.1 Å². The summed E-state index contributed by atoms with van der Waals surface area (Å²) in [6.07, 6.45) is 0. The van der Waals surface area contributed by atoms with Crippen LogP contribution in [0.4, 0.5) is 4.39 Å². The molecule has 1 aliphatic rings. The molecule has 0 saturated heterocycles. The molecule has 1 aliphatic heterocycles. The Morgan fingerprint density at radius 3 is 2.00 bits per heavy atom. The van der Waals surface area contributed by atoms with Gasteiger partial charge in [-0.1, -0.05) is 60.1 Å². The highest BCUT2D eigenvalue weighted by molar-refractivity contribution is 6.30. The van der Waals surface area contributed by atoms with Crippen LogP contribution in [0.25, 0.3) is 0 Å². The molecule has 4 rings (SSSR count). The Hall–Kier alpha value is -4.04. The van der Waals surface area contributed by atoms with Crippen LogP contribution in [-0.2, 0) is 19.1 Å². The predicted molar refractivity (Wildman–Crippen MR) is 149 cm³/mol. The minimum Gasteiger partial charge on any atom is -0.490 e. The normalized spacial score (nSPS) is 18.4. The fourth-order valence-corrected chi connectivity index (χ4v) is 4.93. The number of halogens is 2. The van der Waals surface area contributed by atoms with E-state index in [0.717, 1.165) is 0 Å². The largest absolute Gasteiger partial charge is 0.490 e. The second-order valence-electron chi connectivity index (χ2n) is 9.24. The standard InChI is InChI=1S/C31H31ClFNO6/c1-20-26(30(35)39-18-16-37-22-10-5-3-6-11-22)28(24-14-9-15-25(32)29(24)33)27(21(2)34-20)31(36)40-19-17-38-23-12-7-4-8-13-23/h3-15,20,26,28,34H,16-19H2,1-2H3. The van der Waals surface area contributed by atoms with Crippen LogP contribution in [0, 0.1) is 11.7 Å². The average molecular weight is 568 g/mol. The van der Waals surface area contributed by atoms with Crippen molar-refractivity contribution < 1.29 is 32.9 Å². The molecule has 3 aromatic rings. The Balaban J connectivity index is 1.51. The molecule has 0 aromatic heterocycles. The molecule has 0 saturated carbocycles. The average Bonchev–Trinajstić information content (AvgIpc) is 2.95. The van der Waals surface area contributed by atoms with Crippen molar-refractivity contribution in [3.8, 4) is 11.5 Å². The molecule has 0 aliphatic carbocycles.